The first-order valence-electron chi connectivity index (χ1n) is 8.88. The minimum absolute atomic E-state index is 0.260. The van der Waals surface area contributed by atoms with Crippen LogP contribution in [0.2, 0.25) is 5.02 Å². The zero-order valence-corrected chi connectivity index (χ0v) is 16.2. The molecule has 1 heterocycles. The van der Waals surface area contributed by atoms with Crippen LogP contribution in [0.5, 0.6) is 5.75 Å². The summed E-state index contributed by atoms with van der Waals surface area (Å²) in [5.74, 6) is 1.06. The van der Waals surface area contributed by atoms with Crippen molar-refractivity contribution in [3.05, 3.63) is 82.5 Å². The number of carbonyl (C=O) groups is 1. The molecule has 2 N–H and O–H groups in total. The van der Waals surface area contributed by atoms with Crippen molar-refractivity contribution in [2.75, 3.05) is 19.0 Å². The van der Waals surface area contributed by atoms with Crippen molar-refractivity contribution >= 4 is 23.3 Å². The van der Waals surface area contributed by atoms with Gasteiger partial charge in [-0.2, -0.15) is 0 Å². The predicted octanol–water partition coefficient (Wildman–Crippen LogP) is 3.72. The molecule has 0 aliphatic carbocycles. The number of ether oxygens (including phenoxy) is 1. The van der Waals surface area contributed by atoms with E-state index < -0.39 is 0 Å². The SMILES string of the molecule is COc1ccccc1CNC(=O)c1ccc(NCCc2cccc(Cl)c2)nn1. The van der Waals surface area contributed by atoms with Crippen molar-refractivity contribution in [3.8, 4) is 5.75 Å². The molecule has 28 heavy (non-hydrogen) atoms. The van der Waals surface area contributed by atoms with Crippen molar-refractivity contribution in [3.63, 3.8) is 0 Å². The van der Waals surface area contributed by atoms with Crippen LogP contribution in [0.15, 0.2) is 60.7 Å². The van der Waals surface area contributed by atoms with Crippen LogP contribution < -0.4 is 15.4 Å². The van der Waals surface area contributed by atoms with Gasteiger partial charge in [-0.3, -0.25) is 4.79 Å². The smallest absolute Gasteiger partial charge is 0.272 e. The van der Waals surface area contributed by atoms with Gasteiger partial charge in [-0.15, -0.1) is 10.2 Å². The van der Waals surface area contributed by atoms with E-state index in [0.717, 1.165) is 28.3 Å². The highest BCUT2D eigenvalue weighted by atomic mass is 35.5. The van der Waals surface area contributed by atoms with Crippen molar-refractivity contribution in [1.29, 1.82) is 0 Å². The molecule has 3 aromatic rings. The van der Waals surface area contributed by atoms with Crippen molar-refractivity contribution < 1.29 is 9.53 Å². The van der Waals surface area contributed by atoms with Crippen LogP contribution in [0.1, 0.15) is 21.6 Å². The third-order valence-corrected chi connectivity index (χ3v) is 4.37. The van der Waals surface area contributed by atoms with Gasteiger partial charge in [0.15, 0.2) is 5.69 Å². The summed E-state index contributed by atoms with van der Waals surface area (Å²) < 4.78 is 5.28. The van der Waals surface area contributed by atoms with Gasteiger partial charge in [-0.05, 0) is 42.3 Å². The number of hydrogen-bond donors (Lipinski definition) is 2. The highest BCUT2D eigenvalue weighted by molar-refractivity contribution is 6.30. The van der Waals surface area contributed by atoms with Crippen molar-refractivity contribution in [2.45, 2.75) is 13.0 Å². The summed E-state index contributed by atoms with van der Waals surface area (Å²) in [6.07, 6.45) is 0.809. The molecule has 0 spiro atoms. The minimum atomic E-state index is -0.288. The predicted molar refractivity (Wildman–Crippen MR) is 110 cm³/mol. The van der Waals surface area contributed by atoms with E-state index in [9.17, 15) is 4.79 Å². The lowest BCUT2D eigenvalue weighted by Crippen LogP contribution is -2.24. The van der Waals surface area contributed by atoms with Gasteiger partial charge in [0.2, 0.25) is 0 Å². The summed E-state index contributed by atoms with van der Waals surface area (Å²) in [5, 5.41) is 14.8. The lowest BCUT2D eigenvalue weighted by atomic mass is 10.1. The number of rotatable bonds is 8. The number of hydrogen-bond acceptors (Lipinski definition) is 5. The van der Waals surface area contributed by atoms with Crippen LogP contribution >= 0.6 is 11.6 Å². The van der Waals surface area contributed by atoms with Gasteiger partial charge in [0.25, 0.3) is 5.91 Å². The van der Waals surface area contributed by atoms with Gasteiger partial charge in [0.05, 0.1) is 7.11 Å². The molecule has 2 aromatic carbocycles. The lowest BCUT2D eigenvalue weighted by Gasteiger charge is -2.09. The molecule has 1 aromatic heterocycles. The first-order chi connectivity index (χ1) is 13.7. The molecule has 3 rings (SSSR count). The Hall–Kier alpha value is -3.12. The molecule has 0 atom stereocenters. The van der Waals surface area contributed by atoms with E-state index in [4.69, 9.17) is 16.3 Å². The minimum Gasteiger partial charge on any atom is -0.496 e. The van der Waals surface area contributed by atoms with Crippen molar-refractivity contribution in [1.82, 2.24) is 15.5 Å². The molecule has 7 heteroatoms. The van der Waals surface area contributed by atoms with Gasteiger partial charge in [-0.1, -0.05) is 41.9 Å². The van der Waals surface area contributed by atoms with E-state index in [2.05, 4.69) is 20.8 Å². The first-order valence-corrected chi connectivity index (χ1v) is 9.25. The quantitative estimate of drug-likeness (QED) is 0.606. The number of amides is 1. The third kappa shape index (κ3) is 5.44. The van der Waals surface area contributed by atoms with Crippen LogP contribution in [0, 0.1) is 0 Å². The summed E-state index contributed by atoms with van der Waals surface area (Å²) in [6.45, 7) is 1.04. The Kier molecular flexibility index (Phi) is 6.81. The van der Waals surface area contributed by atoms with Gasteiger partial charge < -0.3 is 15.4 Å². The third-order valence-electron chi connectivity index (χ3n) is 4.14. The zero-order valence-electron chi connectivity index (χ0n) is 15.5. The summed E-state index contributed by atoms with van der Waals surface area (Å²) in [5.41, 5.74) is 2.29. The van der Waals surface area contributed by atoms with Crippen LogP contribution in [-0.4, -0.2) is 29.8 Å². The van der Waals surface area contributed by atoms with E-state index >= 15 is 0 Å². The Morgan fingerprint density at radius 1 is 1.07 bits per heavy atom. The monoisotopic (exact) mass is 396 g/mol. The van der Waals surface area contributed by atoms with E-state index in [1.165, 1.54) is 0 Å². The Morgan fingerprint density at radius 2 is 1.93 bits per heavy atom. The second-order valence-electron chi connectivity index (χ2n) is 6.11. The Bertz CT molecular complexity index is 932. The molecule has 0 unspecified atom stereocenters. The lowest BCUT2D eigenvalue weighted by molar-refractivity contribution is 0.0944. The number of para-hydroxylation sites is 1. The highest BCUT2D eigenvalue weighted by Gasteiger charge is 2.09. The van der Waals surface area contributed by atoms with E-state index in [1.54, 1.807) is 19.2 Å². The summed E-state index contributed by atoms with van der Waals surface area (Å²) in [6, 6.07) is 18.6. The number of benzene rings is 2. The molecule has 0 radical (unpaired) electrons. The van der Waals surface area contributed by atoms with Crippen LogP contribution in [0.4, 0.5) is 5.82 Å². The molecule has 0 fully saturated rings. The fourth-order valence-electron chi connectivity index (χ4n) is 2.69. The Morgan fingerprint density at radius 3 is 2.68 bits per heavy atom. The van der Waals surface area contributed by atoms with Gasteiger partial charge in [0, 0.05) is 23.7 Å². The number of halogens is 1. The number of carbonyl (C=O) groups excluding carboxylic acids is 1. The summed E-state index contributed by atoms with van der Waals surface area (Å²) in [4.78, 5) is 12.3. The molecule has 144 valence electrons. The second kappa shape index (κ2) is 9.71. The maximum absolute atomic E-state index is 12.3. The fourth-order valence-corrected chi connectivity index (χ4v) is 2.90. The largest absolute Gasteiger partial charge is 0.496 e. The number of anilines is 1. The maximum atomic E-state index is 12.3. The average molecular weight is 397 g/mol. The normalized spacial score (nSPS) is 10.4. The summed E-state index contributed by atoms with van der Waals surface area (Å²) in [7, 11) is 1.60. The second-order valence-corrected chi connectivity index (χ2v) is 6.54. The topological polar surface area (TPSA) is 76.1 Å². The molecule has 0 aliphatic heterocycles. The molecule has 0 saturated heterocycles. The first kappa shape index (κ1) is 19.6. The van der Waals surface area contributed by atoms with Crippen LogP contribution in [0.3, 0.4) is 0 Å². The summed E-state index contributed by atoms with van der Waals surface area (Å²) >= 11 is 5.98. The molecular formula is C21H21ClN4O2. The molecule has 1 amide bonds. The molecule has 6 nitrogen and oxygen atoms in total. The standard InChI is InChI=1S/C21H21ClN4O2/c1-28-19-8-3-2-6-16(19)14-24-21(27)18-9-10-20(26-25-18)23-12-11-15-5-4-7-17(22)13-15/h2-10,13H,11-12,14H2,1H3,(H,23,26)(H,24,27). The molecule has 0 aliphatic rings. The number of nitrogens with zero attached hydrogens (tertiary/aromatic N) is 2. The van der Waals surface area contributed by atoms with Crippen LogP contribution in [-0.2, 0) is 13.0 Å². The number of nitrogens with one attached hydrogen (secondary N) is 2. The Balaban J connectivity index is 1.50. The average Bonchev–Trinajstić information content (AvgIpc) is 2.73. The van der Waals surface area contributed by atoms with Crippen molar-refractivity contribution in [2.24, 2.45) is 0 Å². The molecular weight excluding hydrogens is 376 g/mol. The van der Waals surface area contributed by atoms with Gasteiger partial charge in [-0.25, -0.2) is 0 Å². The number of aromatic nitrogens is 2. The molecule has 0 bridgehead atoms. The van der Waals surface area contributed by atoms with Gasteiger partial charge in [0.1, 0.15) is 11.6 Å². The highest BCUT2D eigenvalue weighted by Crippen LogP contribution is 2.17. The number of methoxy groups -OCH3 is 1. The Labute approximate surface area is 168 Å². The van der Waals surface area contributed by atoms with E-state index in [-0.39, 0.29) is 11.6 Å². The molecule has 0 saturated carbocycles. The maximum Gasteiger partial charge on any atom is 0.272 e. The van der Waals surface area contributed by atoms with Crippen LogP contribution in [0.25, 0.3) is 0 Å². The van der Waals surface area contributed by atoms with Gasteiger partial charge >= 0.3 is 0 Å². The van der Waals surface area contributed by atoms with E-state index in [1.807, 2.05) is 48.5 Å². The fraction of sp³-hybridized carbons (Fsp3) is 0.190. The zero-order chi connectivity index (χ0) is 19.8. The van der Waals surface area contributed by atoms with E-state index in [0.29, 0.717) is 18.9 Å².